The monoisotopic (exact) mass is 527 g/mol. The topological polar surface area (TPSA) is 76.8 Å². The molecule has 3 saturated carbocycles. The van der Waals surface area contributed by atoms with E-state index in [1.807, 2.05) is 41.2 Å². The number of hydrogen-bond acceptors (Lipinski definition) is 5. The molecule has 2 bridgehead atoms. The Morgan fingerprint density at radius 3 is 2.29 bits per heavy atom. The minimum absolute atomic E-state index is 0.0242. The van der Waals surface area contributed by atoms with E-state index in [0.717, 1.165) is 76.7 Å². The normalized spacial score (nSPS) is 24.0. The fraction of sp³-hybridized carbons (Fsp3) is 0.462. The number of carbonyl (C=O) groups is 1. The Hall–Kier alpha value is -2.58. The number of rotatable bonds is 7. The minimum Gasteiger partial charge on any atom is -0.496 e. The van der Waals surface area contributed by atoms with E-state index in [9.17, 15) is 9.90 Å². The summed E-state index contributed by atoms with van der Waals surface area (Å²) in [6.45, 7) is 0.665. The number of benzene rings is 2. The van der Waals surface area contributed by atoms with Crippen LogP contribution in [-0.4, -0.2) is 52.6 Å². The van der Waals surface area contributed by atoms with Gasteiger partial charge in [0.15, 0.2) is 0 Å². The van der Waals surface area contributed by atoms with Crippen LogP contribution in [0.2, 0.25) is 0 Å². The molecule has 0 atom stereocenters. The van der Waals surface area contributed by atoms with Crippen LogP contribution in [0.5, 0.6) is 11.5 Å². The first-order chi connectivity index (χ1) is 16.3. The number of aliphatic carboxylic acids is 1. The highest BCUT2D eigenvalue weighted by molar-refractivity contribution is 9.10. The lowest BCUT2D eigenvalue weighted by atomic mass is 9.57. The number of fused-ring (bicyclic) bond motifs is 4. The number of nitrogens with zero attached hydrogens (tertiary/aromatic N) is 3. The molecule has 1 N–H and O–H groups in total. The Labute approximate surface area is 207 Å². The third-order valence-corrected chi connectivity index (χ3v) is 8.95. The van der Waals surface area contributed by atoms with Crippen molar-refractivity contribution in [2.24, 2.45) is 5.41 Å². The Bertz CT molecular complexity index is 1200. The summed E-state index contributed by atoms with van der Waals surface area (Å²) in [5, 5.41) is 15.4. The maximum atomic E-state index is 11.8. The summed E-state index contributed by atoms with van der Waals surface area (Å²) < 4.78 is 14.6. The molecule has 3 fully saturated rings. The molecule has 34 heavy (non-hydrogen) atoms. The number of ether oxygens (including phenoxy) is 2. The van der Waals surface area contributed by atoms with Gasteiger partial charge in [0.05, 0.1) is 42.6 Å². The van der Waals surface area contributed by atoms with Crippen LogP contribution in [0.15, 0.2) is 41.0 Å². The third-order valence-electron chi connectivity index (χ3n) is 8.26. The van der Waals surface area contributed by atoms with Crippen molar-refractivity contribution < 1.29 is 19.4 Å². The highest BCUT2D eigenvalue weighted by Crippen LogP contribution is 2.55. The molecule has 0 unspecified atom stereocenters. The number of halogens is 1. The van der Waals surface area contributed by atoms with Gasteiger partial charge in [0, 0.05) is 34.1 Å². The highest BCUT2D eigenvalue weighted by Gasteiger charge is 2.54. The quantitative estimate of drug-likeness (QED) is 0.442. The van der Waals surface area contributed by atoms with Gasteiger partial charge in [0.25, 0.3) is 0 Å². The fourth-order valence-electron chi connectivity index (χ4n) is 5.93. The van der Waals surface area contributed by atoms with Gasteiger partial charge in [-0.2, -0.15) is 5.10 Å². The predicted molar refractivity (Wildman–Crippen MR) is 134 cm³/mol. The second kappa shape index (κ2) is 8.57. The number of carboxylic acids is 1. The lowest BCUT2D eigenvalue weighted by Gasteiger charge is -2.55. The SMILES string of the molecule is COc1cc(-n2ncc3c(Br)cccc32)cc(OC)c1CN(C)C12CCC(C(=O)O)(CC1)CC2. The van der Waals surface area contributed by atoms with Gasteiger partial charge in [-0.1, -0.05) is 22.0 Å². The molecule has 180 valence electrons. The largest absolute Gasteiger partial charge is 0.496 e. The number of aromatic nitrogens is 2. The van der Waals surface area contributed by atoms with Gasteiger partial charge in [-0.05, 0) is 57.7 Å². The standard InChI is InChI=1S/C26H30BrN3O4/c1-29(26-10-7-25(8-11-26,9-12-26)24(31)32)16-19-22(33-2)13-17(14-23(19)34-3)30-21-6-4-5-20(27)18(21)15-28-30/h4-6,13-15H,7-12,16H2,1-3H3,(H,31,32). The first-order valence-electron chi connectivity index (χ1n) is 11.6. The van der Waals surface area contributed by atoms with Crippen molar-refractivity contribution in [3.05, 3.63) is 46.6 Å². The maximum absolute atomic E-state index is 11.8. The third kappa shape index (κ3) is 3.58. The molecule has 1 aromatic heterocycles. The Morgan fingerprint density at radius 2 is 1.74 bits per heavy atom. The zero-order chi connectivity index (χ0) is 24.1. The lowest BCUT2D eigenvalue weighted by Crippen LogP contribution is -2.56. The van der Waals surface area contributed by atoms with E-state index in [0.29, 0.717) is 6.54 Å². The van der Waals surface area contributed by atoms with Gasteiger partial charge in [0.2, 0.25) is 0 Å². The number of hydrogen-bond donors (Lipinski definition) is 1. The van der Waals surface area contributed by atoms with Crippen LogP contribution in [0.3, 0.4) is 0 Å². The molecular formula is C26H30BrN3O4. The van der Waals surface area contributed by atoms with E-state index >= 15 is 0 Å². The summed E-state index contributed by atoms with van der Waals surface area (Å²) in [6, 6.07) is 10.1. The van der Waals surface area contributed by atoms with Crippen molar-refractivity contribution in [1.29, 1.82) is 0 Å². The van der Waals surface area contributed by atoms with Gasteiger partial charge < -0.3 is 14.6 Å². The number of carboxylic acid groups (broad SMARTS) is 1. The minimum atomic E-state index is -0.624. The van der Waals surface area contributed by atoms with Gasteiger partial charge in [-0.25, -0.2) is 4.68 Å². The average molecular weight is 528 g/mol. The van der Waals surface area contributed by atoms with E-state index in [1.54, 1.807) is 14.2 Å². The van der Waals surface area contributed by atoms with Crippen LogP contribution >= 0.6 is 15.9 Å². The molecule has 3 aromatic rings. The molecular weight excluding hydrogens is 498 g/mol. The first-order valence-corrected chi connectivity index (χ1v) is 12.4. The summed E-state index contributed by atoms with van der Waals surface area (Å²) in [5.41, 5.74) is 2.36. The number of methoxy groups -OCH3 is 2. The van der Waals surface area contributed by atoms with Crippen molar-refractivity contribution in [2.75, 3.05) is 21.3 Å². The van der Waals surface area contributed by atoms with Crippen LogP contribution in [0.1, 0.15) is 44.1 Å². The molecule has 0 aliphatic heterocycles. The maximum Gasteiger partial charge on any atom is 0.309 e. The van der Waals surface area contributed by atoms with Gasteiger partial charge in [-0.3, -0.25) is 9.69 Å². The second-order valence-electron chi connectivity index (χ2n) is 9.72. The van der Waals surface area contributed by atoms with Gasteiger partial charge >= 0.3 is 5.97 Å². The first kappa shape index (κ1) is 23.2. The molecule has 0 saturated heterocycles. The summed E-state index contributed by atoms with van der Waals surface area (Å²) in [6.07, 6.45) is 6.83. The molecule has 8 heteroatoms. The summed E-state index contributed by atoms with van der Waals surface area (Å²) in [5.74, 6) is 0.881. The van der Waals surface area contributed by atoms with Crippen molar-refractivity contribution in [3.63, 3.8) is 0 Å². The summed E-state index contributed by atoms with van der Waals surface area (Å²) in [4.78, 5) is 14.2. The smallest absolute Gasteiger partial charge is 0.309 e. The molecule has 0 amide bonds. The average Bonchev–Trinajstić information content (AvgIpc) is 3.30. The Balaban J connectivity index is 1.47. The molecule has 7 nitrogen and oxygen atoms in total. The van der Waals surface area contributed by atoms with Crippen molar-refractivity contribution >= 4 is 32.8 Å². The van der Waals surface area contributed by atoms with E-state index in [-0.39, 0.29) is 5.54 Å². The van der Waals surface area contributed by atoms with Crippen molar-refractivity contribution in [2.45, 2.75) is 50.6 Å². The van der Waals surface area contributed by atoms with Crippen molar-refractivity contribution in [3.8, 4) is 17.2 Å². The Morgan fingerprint density at radius 1 is 1.12 bits per heavy atom. The van der Waals surface area contributed by atoms with Crippen LogP contribution in [0.25, 0.3) is 16.6 Å². The van der Waals surface area contributed by atoms with E-state index in [4.69, 9.17) is 9.47 Å². The van der Waals surface area contributed by atoms with Crippen LogP contribution in [-0.2, 0) is 11.3 Å². The highest BCUT2D eigenvalue weighted by atomic mass is 79.9. The van der Waals surface area contributed by atoms with Crippen molar-refractivity contribution in [1.82, 2.24) is 14.7 Å². The molecule has 2 aromatic carbocycles. The van der Waals surface area contributed by atoms with E-state index in [1.165, 1.54) is 0 Å². The second-order valence-corrected chi connectivity index (χ2v) is 10.6. The van der Waals surface area contributed by atoms with E-state index < -0.39 is 11.4 Å². The van der Waals surface area contributed by atoms with Crippen LogP contribution in [0, 0.1) is 5.41 Å². The summed E-state index contributed by atoms with van der Waals surface area (Å²) >= 11 is 3.60. The molecule has 3 aliphatic carbocycles. The zero-order valence-electron chi connectivity index (χ0n) is 19.8. The zero-order valence-corrected chi connectivity index (χ0v) is 21.4. The predicted octanol–water partition coefficient (Wildman–Crippen LogP) is 5.41. The van der Waals surface area contributed by atoms with Crippen LogP contribution < -0.4 is 9.47 Å². The summed E-state index contributed by atoms with van der Waals surface area (Å²) in [7, 11) is 5.51. The molecule has 0 spiro atoms. The molecule has 3 aliphatic rings. The van der Waals surface area contributed by atoms with E-state index in [2.05, 4.69) is 33.0 Å². The Kier molecular flexibility index (Phi) is 5.84. The van der Waals surface area contributed by atoms with Crippen LogP contribution in [0.4, 0.5) is 0 Å². The molecule has 0 radical (unpaired) electrons. The lowest BCUT2D eigenvalue weighted by molar-refractivity contribution is -0.160. The fourth-order valence-corrected chi connectivity index (χ4v) is 6.39. The van der Waals surface area contributed by atoms with Gasteiger partial charge in [0.1, 0.15) is 11.5 Å². The molecule has 1 heterocycles. The van der Waals surface area contributed by atoms with Gasteiger partial charge in [-0.15, -0.1) is 0 Å². The molecule has 6 rings (SSSR count).